The van der Waals surface area contributed by atoms with Crippen molar-refractivity contribution >= 4 is 5.91 Å². The first kappa shape index (κ1) is 13.1. The van der Waals surface area contributed by atoms with Crippen LogP contribution in [0.5, 0.6) is 0 Å². The summed E-state index contributed by atoms with van der Waals surface area (Å²) in [4.78, 5) is 11.8. The number of rotatable bonds is 4. The molecule has 0 spiro atoms. The molecule has 0 saturated carbocycles. The maximum Gasteiger partial charge on any atom is 0.220 e. The van der Waals surface area contributed by atoms with Crippen molar-refractivity contribution in [3.8, 4) is 0 Å². The molecule has 1 aliphatic carbocycles. The molecule has 2 atom stereocenters. The van der Waals surface area contributed by atoms with Gasteiger partial charge >= 0.3 is 0 Å². The van der Waals surface area contributed by atoms with Crippen molar-refractivity contribution in [1.82, 2.24) is 5.32 Å². The van der Waals surface area contributed by atoms with E-state index < -0.39 is 6.10 Å². The predicted octanol–water partition coefficient (Wildman–Crippen LogP) is 1.99. The van der Waals surface area contributed by atoms with Gasteiger partial charge in [-0.15, -0.1) is 0 Å². The summed E-state index contributed by atoms with van der Waals surface area (Å²) in [6, 6.07) is 8.41. The van der Waals surface area contributed by atoms with E-state index in [1.807, 2.05) is 6.07 Å². The monoisotopic (exact) mass is 247 g/mol. The van der Waals surface area contributed by atoms with Crippen LogP contribution in [0.4, 0.5) is 0 Å². The number of carbonyl (C=O) groups is 1. The molecule has 0 aromatic heterocycles. The summed E-state index contributed by atoms with van der Waals surface area (Å²) < 4.78 is 0. The van der Waals surface area contributed by atoms with Gasteiger partial charge in [0.1, 0.15) is 0 Å². The zero-order valence-electron chi connectivity index (χ0n) is 10.9. The Hall–Kier alpha value is -1.35. The summed E-state index contributed by atoms with van der Waals surface area (Å²) in [6.45, 7) is 2.02. The normalized spacial score (nSPS) is 20.0. The van der Waals surface area contributed by atoms with Crippen molar-refractivity contribution in [1.29, 1.82) is 0 Å². The van der Waals surface area contributed by atoms with Gasteiger partial charge in [-0.2, -0.15) is 0 Å². The van der Waals surface area contributed by atoms with Crippen molar-refractivity contribution in [2.45, 2.75) is 44.6 Å². The van der Waals surface area contributed by atoms with E-state index in [-0.39, 0.29) is 5.91 Å². The summed E-state index contributed by atoms with van der Waals surface area (Å²) in [6.07, 6.45) is 3.42. The number of fused-ring (bicyclic) bond motifs is 1. The van der Waals surface area contributed by atoms with Gasteiger partial charge in [0, 0.05) is 13.0 Å². The van der Waals surface area contributed by atoms with Crippen LogP contribution in [0.25, 0.3) is 0 Å². The fraction of sp³-hybridized carbons (Fsp3) is 0.533. The third-order valence-corrected chi connectivity index (χ3v) is 3.52. The van der Waals surface area contributed by atoms with Gasteiger partial charge in [-0.3, -0.25) is 4.79 Å². The van der Waals surface area contributed by atoms with Gasteiger partial charge in [0.15, 0.2) is 0 Å². The van der Waals surface area contributed by atoms with Gasteiger partial charge in [-0.1, -0.05) is 24.3 Å². The number of aliphatic hydroxyl groups excluding tert-OH is 1. The molecule has 2 rings (SSSR count). The van der Waals surface area contributed by atoms with Crippen LogP contribution in [-0.4, -0.2) is 23.7 Å². The molecule has 1 aromatic rings. The Bertz CT molecular complexity index is 415. The molecular weight excluding hydrogens is 226 g/mol. The second kappa shape index (κ2) is 6.01. The molecular formula is C15H21NO2. The lowest BCUT2D eigenvalue weighted by Crippen LogP contribution is -2.31. The Balaban J connectivity index is 1.96. The zero-order chi connectivity index (χ0) is 13.0. The highest BCUT2D eigenvalue weighted by Crippen LogP contribution is 2.33. The molecule has 0 saturated heterocycles. The van der Waals surface area contributed by atoms with E-state index in [1.165, 1.54) is 11.1 Å². The van der Waals surface area contributed by atoms with Crippen LogP contribution in [0.2, 0.25) is 0 Å². The lowest BCUT2D eigenvalue weighted by molar-refractivity contribution is -0.122. The van der Waals surface area contributed by atoms with E-state index in [4.69, 9.17) is 5.11 Å². The first-order chi connectivity index (χ1) is 8.66. The van der Waals surface area contributed by atoms with Crippen LogP contribution in [-0.2, 0) is 11.2 Å². The third-order valence-electron chi connectivity index (χ3n) is 3.52. The molecule has 0 aliphatic heterocycles. The SMILES string of the molecule is CC(O)CNC(=O)CC1CCCc2ccccc21. The number of carbonyl (C=O) groups excluding carboxylic acids is 1. The van der Waals surface area contributed by atoms with Crippen LogP contribution in [0.1, 0.15) is 43.2 Å². The van der Waals surface area contributed by atoms with Crippen LogP contribution in [0, 0.1) is 0 Å². The van der Waals surface area contributed by atoms with Crippen LogP contribution >= 0.6 is 0 Å². The maximum atomic E-state index is 11.8. The van der Waals surface area contributed by atoms with Crippen molar-refractivity contribution in [3.63, 3.8) is 0 Å². The van der Waals surface area contributed by atoms with Gasteiger partial charge in [-0.25, -0.2) is 0 Å². The highest BCUT2D eigenvalue weighted by Gasteiger charge is 2.22. The van der Waals surface area contributed by atoms with Gasteiger partial charge in [0.2, 0.25) is 5.91 Å². The van der Waals surface area contributed by atoms with Gasteiger partial charge in [0.05, 0.1) is 6.10 Å². The van der Waals surface area contributed by atoms with Gasteiger partial charge in [0.25, 0.3) is 0 Å². The quantitative estimate of drug-likeness (QED) is 0.855. The van der Waals surface area contributed by atoms with Crippen molar-refractivity contribution in [2.24, 2.45) is 0 Å². The number of amides is 1. The number of hydrogen-bond donors (Lipinski definition) is 2. The van der Waals surface area contributed by atoms with Crippen LogP contribution in [0.15, 0.2) is 24.3 Å². The molecule has 0 radical (unpaired) electrons. The van der Waals surface area contributed by atoms with E-state index in [2.05, 4.69) is 23.5 Å². The number of aliphatic hydroxyl groups is 1. The summed E-state index contributed by atoms with van der Waals surface area (Å²) in [5, 5.41) is 11.9. The van der Waals surface area contributed by atoms with Crippen molar-refractivity contribution < 1.29 is 9.90 Å². The largest absolute Gasteiger partial charge is 0.392 e. The molecule has 3 nitrogen and oxygen atoms in total. The summed E-state index contributed by atoms with van der Waals surface area (Å²) in [5.41, 5.74) is 2.72. The molecule has 1 aromatic carbocycles. The fourth-order valence-corrected chi connectivity index (χ4v) is 2.62. The summed E-state index contributed by atoms with van der Waals surface area (Å²) in [7, 11) is 0. The molecule has 1 amide bonds. The van der Waals surface area contributed by atoms with Crippen LogP contribution < -0.4 is 5.32 Å². The van der Waals surface area contributed by atoms with E-state index in [0.29, 0.717) is 18.9 Å². The molecule has 0 fully saturated rings. The topological polar surface area (TPSA) is 49.3 Å². The molecule has 98 valence electrons. The molecule has 2 N–H and O–H groups in total. The average molecular weight is 247 g/mol. The Morgan fingerprint density at radius 2 is 2.28 bits per heavy atom. The van der Waals surface area contributed by atoms with Gasteiger partial charge in [-0.05, 0) is 43.2 Å². The minimum Gasteiger partial charge on any atom is -0.392 e. The number of aryl methyl sites for hydroxylation is 1. The third kappa shape index (κ3) is 3.33. The molecule has 3 heteroatoms. The highest BCUT2D eigenvalue weighted by atomic mass is 16.3. The Labute approximate surface area is 108 Å². The fourth-order valence-electron chi connectivity index (χ4n) is 2.62. The number of benzene rings is 1. The smallest absolute Gasteiger partial charge is 0.220 e. The number of nitrogens with one attached hydrogen (secondary N) is 1. The van der Waals surface area contributed by atoms with Crippen molar-refractivity contribution in [3.05, 3.63) is 35.4 Å². The second-order valence-corrected chi connectivity index (χ2v) is 5.15. The van der Waals surface area contributed by atoms with E-state index >= 15 is 0 Å². The minimum atomic E-state index is -0.479. The van der Waals surface area contributed by atoms with E-state index in [9.17, 15) is 4.79 Å². The first-order valence-corrected chi connectivity index (χ1v) is 6.69. The molecule has 18 heavy (non-hydrogen) atoms. The average Bonchev–Trinajstić information content (AvgIpc) is 2.37. The van der Waals surface area contributed by atoms with Crippen molar-refractivity contribution in [2.75, 3.05) is 6.54 Å². The Morgan fingerprint density at radius 3 is 3.06 bits per heavy atom. The number of hydrogen-bond acceptors (Lipinski definition) is 2. The Morgan fingerprint density at radius 1 is 1.50 bits per heavy atom. The predicted molar refractivity (Wildman–Crippen MR) is 71.4 cm³/mol. The van der Waals surface area contributed by atoms with E-state index in [1.54, 1.807) is 6.92 Å². The minimum absolute atomic E-state index is 0.0394. The summed E-state index contributed by atoms with van der Waals surface area (Å²) in [5.74, 6) is 0.376. The molecule has 0 heterocycles. The lowest BCUT2D eigenvalue weighted by Gasteiger charge is -2.25. The lowest BCUT2D eigenvalue weighted by atomic mass is 9.81. The highest BCUT2D eigenvalue weighted by molar-refractivity contribution is 5.77. The van der Waals surface area contributed by atoms with Crippen LogP contribution in [0.3, 0.4) is 0 Å². The molecule has 0 bridgehead atoms. The van der Waals surface area contributed by atoms with Gasteiger partial charge < -0.3 is 10.4 Å². The molecule has 2 unspecified atom stereocenters. The first-order valence-electron chi connectivity index (χ1n) is 6.69. The standard InChI is InChI=1S/C15H21NO2/c1-11(17)10-16-15(18)9-13-7-4-6-12-5-2-3-8-14(12)13/h2-3,5,8,11,13,17H,4,6-7,9-10H2,1H3,(H,16,18). The second-order valence-electron chi connectivity index (χ2n) is 5.15. The summed E-state index contributed by atoms with van der Waals surface area (Å²) >= 11 is 0. The maximum absolute atomic E-state index is 11.8. The molecule has 1 aliphatic rings. The zero-order valence-corrected chi connectivity index (χ0v) is 10.9. The van der Waals surface area contributed by atoms with E-state index in [0.717, 1.165) is 19.3 Å². The Kier molecular flexibility index (Phi) is 4.37.